The van der Waals surface area contributed by atoms with Crippen LogP contribution >= 0.6 is 0 Å². The van der Waals surface area contributed by atoms with Gasteiger partial charge in [0.25, 0.3) is 0 Å². The Kier molecular flexibility index (Phi) is 3.42. The Labute approximate surface area is 121 Å². The van der Waals surface area contributed by atoms with E-state index >= 15 is 0 Å². The Morgan fingerprint density at radius 2 is 2.14 bits per heavy atom. The van der Waals surface area contributed by atoms with Crippen LogP contribution in [0.25, 0.3) is 5.69 Å². The number of nitrogens with zero attached hydrogens (tertiary/aromatic N) is 4. The van der Waals surface area contributed by atoms with Crippen molar-refractivity contribution >= 4 is 5.97 Å². The SMILES string of the molecule is COC(=O)c1ccc(-n2cc(C3(O)CCCC3)nn2)cn1. The third-order valence-corrected chi connectivity index (χ3v) is 3.81. The lowest BCUT2D eigenvalue weighted by atomic mass is 9.99. The maximum absolute atomic E-state index is 11.3. The molecule has 0 unspecified atom stereocenters. The normalized spacial score (nSPS) is 16.9. The minimum absolute atomic E-state index is 0.232. The predicted octanol–water partition coefficient (Wildman–Crippen LogP) is 1.21. The first-order chi connectivity index (χ1) is 10.1. The molecule has 1 saturated carbocycles. The zero-order valence-corrected chi connectivity index (χ0v) is 11.7. The Hall–Kier alpha value is -2.28. The molecule has 0 atom stereocenters. The van der Waals surface area contributed by atoms with Crippen molar-refractivity contribution in [2.24, 2.45) is 0 Å². The lowest BCUT2D eigenvalue weighted by Gasteiger charge is -2.17. The van der Waals surface area contributed by atoms with E-state index in [-0.39, 0.29) is 5.69 Å². The van der Waals surface area contributed by atoms with E-state index in [1.807, 2.05) is 0 Å². The molecule has 2 aromatic heterocycles. The highest BCUT2D eigenvalue weighted by molar-refractivity contribution is 5.87. The van der Waals surface area contributed by atoms with Gasteiger partial charge in [-0.25, -0.2) is 14.5 Å². The fourth-order valence-electron chi connectivity index (χ4n) is 2.57. The molecule has 2 aromatic rings. The van der Waals surface area contributed by atoms with E-state index in [0.717, 1.165) is 12.8 Å². The zero-order valence-electron chi connectivity index (χ0n) is 11.7. The molecule has 0 bridgehead atoms. The van der Waals surface area contributed by atoms with E-state index in [1.54, 1.807) is 23.0 Å². The van der Waals surface area contributed by atoms with Gasteiger partial charge in [-0.3, -0.25) is 0 Å². The molecule has 0 amide bonds. The van der Waals surface area contributed by atoms with Gasteiger partial charge in [-0.15, -0.1) is 5.10 Å². The average molecular weight is 288 g/mol. The van der Waals surface area contributed by atoms with Gasteiger partial charge in [-0.1, -0.05) is 18.1 Å². The Balaban J connectivity index is 1.84. The molecule has 21 heavy (non-hydrogen) atoms. The minimum Gasteiger partial charge on any atom is -0.464 e. The summed E-state index contributed by atoms with van der Waals surface area (Å²) in [5, 5.41) is 18.6. The second-order valence-corrected chi connectivity index (χ2v) is 5.18. The molecule has 0 aromatic carbocycles. The van der Waals surface area contributed by atoms with E-state index in [0.29, 0.717) is 24.2 Å². The fourth-order valence-corrected chi connectivity index (χ4v) is 2.57. The second kappa shape index (κ2) is 5.25. The standard InChI is InChI=1S/C14H16N4O3/c1-21-13(19)11-5-4-10(8-15-11)18-9-12(16-17-18)14(20)6-2-3-7-14/h4-5,8-9,20H,2-3,6-7H2,1H3. The van der Waals surface area contributed by atoms with Gasteiger partial charge >= 0.3 is 5.97 Å². The van der Waals surface area contributed by atoms with Crippen LogP contribution in [0.4, 0.5) is 0 Å². The van der Waals surface area contributed by atoms with E-state index in [1.165, 1.54) is 13.3 Å². The molecule has 2 heterocycles. The third-order valence-electron chi connectivity index (χ3n) is 3.81. The van der Waals surface area contributed by atoms with Crippen LogP contribution in [0.15, 0.2) is 24.5 Å². The van der Waals surface area contributed by atoms with Gasteiger partial charge in [0.1, 0.15) is 17.0 Å². The predicted molar refractivity (Wildman–Crippen MR) is 72.9 cm³/mol. The number of carbonyl (C=O) groups excluding carboxylic acids is 1. The topological polar surface area (TPSA) is 90.1 Å². The van der Waals surface area contributed by atoms with Gasteiger partial charge in [-0.2, -0.15) is 0 Å². The van der Waals surface area contributed by atoms with Crippen molar-refractivity contribution in [3.05, 3.63) is 35.9 Å². The van der Waals surface area contributed by atoms with Crippen LogP contribution in [-0.2, 0) is 10.3 Å². The van der Waals surface area contributed by atoms with Gasteiger partial charge in [0.15, 0.2) is 0 Å². The van der Waals surface area contributed by atoms with E-state index < -0.39 is 11.6 Å². The lowest BCUT2D eigenvalue weighted by molar-refractivity contribution is 0.0398. The van der Waals surface area contributed by atoms with Crippen LogP contribution in [0, 0.1) is 0 Å². The molecule has 0 aliphatic heterocycles. The Bertz CT molecular complexity index is 644. The third kappa shape index (κ3) is 2.52. The van der Waals surface area contributed by atoms with Gasteiger partial charge < -0.3 is 9.84 Å². The summed E-state index contributed by atoms with van der Waals surface area (Å²) in [5.74, 6) is -0.485. The van der Waals surface area contributed by atoms with Crippen molar-refractivity contribution in [3.8, 4) is 5.69 Å². The summed E-state index contributed by atoms with van der Waals surface area (Å²) in [4.78, 5) is 15.4. The molecule has 1 aliphatic rings. The first-order valence-electron chi connectivity index (χ1n) is 6.82. The van der Waals surface area contributed by atoms with Crippen LogP contribution in [0.3, 0.4) is 0 Å². The van der Waals surface area contributed by atoms with Crippen molar-refractivity contribution in [2.45, 2.75) is 31.3 Å². The number of aromatic nitrogens is 4. The van der Waals surface area contributed by atoms with Gasteiger partial charge in [0, 0.05) is 0 Å². The number of hydrogen-bond acceptors (Lipinski definition) is 6. The summed E-state index contributed by atoms with van der Waals surface area (Å²) in [5.41, 5.74) is 0.619. The second-order valence-electron chi connectivity index (χ2n) is 5.18. The number of hydrogen-bond donors (Lipinski definition) is 1. The molecule has 0 radical (unpaired) electrons. The summed E-state index contributed by atoms with van der Waals surface area (Å²) in [7, 11) is 1.31. The van der Waals surface area contributed by atoms with Crippen LogP contribution in [0.5, 0.6) is 0 Å². The van der Waals surface area contributed by atoms with Crippen molar-refractivity contribution in [3.63, 3.8) is 0 Å². The highest BCUT2D eigenvalue weighted by Gasteiger charge is 2.35. The van der Waals surface area contributed by atoms with Crippen LogP contribution in [0.1, 0.15) is 41.9 Å². The Morgan fingerprint density at radius 3 is 2.76 bits per heavy atom. The smallest absolute Gasteiger partial charge is 0.356 e. The van der Waals surface area contributed by atoms with Crippen LogP contribution < -0.4 is 0 Å². The summed E-state index contributed by atoms with van der Waals surface area (Å²) in [6.07, 6.45) is 6.65. The quantitative estimate of drug-likeness (QED) is 0.854. The van der Waals surface area contributed by atoms with Crippen molar-refractivity contribution in [1.82, 2.24) is 20.0 Å². The molecule has 7 heteroatoms. The molecule has 7 nitrogen and oxygen atoms in total. The first kappa shape index (κ1) is 13.7. The number of ether oxygens (including phenoxy) is 1. The first-order valence-corrected chi connectivity index (χ1v) is 6.82. The highest BCUT2D eigenvalue weighted by Crippen LogP contribution is 2.37. The maximum Gasteiger partial charge on any atom is 0.356 e. The number of esters is 1. The molecular weight excluding hydrogens is 272 g/mol. The highest BCUT2D eigenvalue weighted by atomic mass is 16.5. The summed E-state index contributed by atoms with van der Waals surface area (Å²) in [6, 6.07) is 3.27. The number of aliphatic hydroxyl groups is 1. The molecule has 3 rings (SSSR count). The fraction of sp³-hybridized carbons (Fsp3) is 0.429. The van der Waals surface area contributed by atoms with E-state index in [9.17, 15) is 9.90 Å². The molecular formula is C14H16N4O3. The number of pyridine rings is 1. The van der Waals surface area contributed by atoms with Crippen molar-refractivity contribution in [1.29, 1.82) is 0 Å². The monoisotopic (exact) mass is 288 g/mol. The van der Waals surface area contributed by atoms with Crippen LogP contribution in [0.2, 0.25) is 0 Å². The van der Waals surface area contributed by atoms with E-state index in [2.05, 4.69) is 20.0 Å². The Morgan fingerprint density at radius 1 is 1.38 bits per heavy atom. The summed E-state index contributed by atoms with van der Waals surface area (Å²) < 4.78 is 6.14. The zero-order chi connectivity index (χ0) is 14.9. The maximum atomic E-state index is 11.3. The van der Waals surface area contributed by atoms with Gasteiger partial charge in [0.05, 0.1) is 25.2 Å². The number of carbonyl (C=O) groups is 1. The van der Waals surface area contributed by atoms with Gasteiger partial charge in [0.2, 0.25) is 0 Å². The number of methoxy groups -OCH3 is 1. The van der Waals surface area contributed by atoms with Crippen molar-refractivity contribution < 1.29 is 14.6 Å². The van der Waals surface area contributed by atoms with Gasteiger partial charge in [-0.05, 0) is 25.0 Å². The molecule has 1 fully saturated rings. The average Bonchev–Trinajstić information content (AvgIpc) is 3.16. The number of rotatable bonds is 3. The minimum atomic E-state index is -0.863. The summed E-state index contributed by atoms with van der Waals surface area (Å²) >= 11 is 0. The lowest BCUT2D eigenvalue weighted by Crippen LogP contribution is -2.21. The molecule has 1 N–H and O–H groups in total. The van der Waals surface area contributed by atoms with Crippen molar-refractivity contribution in [2.75, 3.05) is 7.11 Å². The molecule has 0 saturated heterocycles. The van der Waals surface area contributed by atoms with Crippen LogP contribution in [-0.4, -0.2) is 38.2 Å². The molecule has 1 aliphatic carbocycles. The van der Waals surface area contributed by atoms with E-state index in [4.69, 9.17) is 0 Å². The molecule has 0 spiro atoms. The summed E-state index contributed by atoms with van der Waals surface area (Å²) in [6.45, 7) is 0. The largest absolute Gasteiger partial charge is 0.464 e. The molecule has 110 valence electrons.